The van der Waals surface area contributed by atoms with Gasteiger partial charge in [-0.05, 0) is 38.5 Å². The van der Waals surface area contributed by atoms with Gasteiger partial charge < -0.3 is 4.98 Å². The number of nitrogens with one attached hydrogen (secondary N) is 1. The van der Waals surface area contributed by atoms with Gasteiger partial charge in [0, 0.05) is 5.69 Å². The van der Waals surface area contributed by atoms with Crippen molar-refractivity contribution in [2.24, 2.45) is 5.92 Å². The molecule has 0 bridgehead atoms. The van der Waals surface area contributed by atoms with E-state index in [9.17, 15) is 0 Å². The molecule has 0 saturated heterocycles. The number of fused-ring (bicyclic) bond motifs is 1. The van der Waals surface area contributed by atoms with Crippen LogP contribution in [-0.4, -0.2) is 9.97 Å². The minimum absolute atomic E-state index is 0.825. The summed E-state index contributed by atoms with van der Waals surface area (Å²) in [6.07, 6.45) is 5.02. The molecule has 1 aromatic rings. The maximum atomic E-state index is 4.49. The lowest BCUT2D eigenvalue weighted by Gasteiger charge is -2.04. The molecule has 0 spiro atoms. The molecule has 0 amide bonds. The summed E-state index contributed by atoms with van der Waals surface area (Å²) >= 11 is 0. The van der Waals surface area contributed by atoms with E-state index >= 15 is 0 Å². The zero-order chi connectivity index (χ0) is 8.55. The first-order chi connectivity index (χ1) is 5.75. The Morgan fingerprint density at radius 2 is 2.33 bits per heavy atom. The Bertz CT molecular complexity index is 275. The van der Waals surface area contributed by atoms with Crippen LogP contribution in [0.25, 0.3) is 0 Å². The summed E-state index contributed by atoms with van der Waals surface area (Å²) in [5.41, 5.74) is 2.70. The fourth-order valence-electron chi connectivity index (χ4n) is 2.03. The summed E-state index contributed by atoms with van der Waals surface area (Å²) in [4.78, 5) is 7.85. The second-order valence-electron chi connectivity index (χ2n) is 3.95. The Morgan fingerprint density at radius 1 is 1.50 bits per heavy atom. The van der Waals surface area contributed by atoms with Crippen LogP contribution in [0.3, 0.4) is 0 Å². The molecule has 2 nitrogen and oxygen atoms in total. The summed E-state index contributed by atoms with van der Waals surface area (Å²) < 4.78 is 0. The van der Waals surface area contributed by atoms with Gasteiger partial charge in [0.1, 0.15) is 5.82 Å². The van der Waals surface area contributed by atoms with Crippen molar-refractivity contribution in [3.05, 3.63) is 17.2 Å². The molecule has 1 aromatic heterocycles. The van der Waals surface area contributed by atoms with E-state index in [0.29, 0.717) is 0 Å². The molecular formula is C10H16N2. The van der Waals surface area contributed by atoms with Gasteiger partial charge in [0.2, 0.25) is 0 Å². The molecule has 0 fully saturated rings. The van der Waals surface area contributed by atoms with Gasteiger partial charge in [0.25, 0.3) is 0 Å². The van der Waals surface area contributed by atoms with Crippen molar-refractivity contribution in [3.63, 3.8) is 0 Å². The lowest BCUT2D eigenvalue weighted by molar-refractivity contribution is 0.521. The maximum absolute atomic E-state index is 4.49. The SMILES string of the molecule is Cc1nc2c([nH]1)CC(C)CCC2. The number of rotatable bonds is 0. The molecule has 0 radical (unpaired) electrons. The molecule has 1 aliphatic carbocycles. The number of nitrogens with zero attached hydrogens (tertiary/aromatic N) is 1. The molecule has 1 unspecified atom stereocenters. The Balaban J connectivity index is 2.30. The Kier molecular flexibility index (Phi) is 1.91. The van der Waals surface area contributed by atoms with Gasteiger partial charge in [0.05, 0.1) is 5.69 Å². The molecule has 0 aliphatic heterocycles. The first-order valence-corrected chi connectivity index (χ1v) is 4.80. The lowest BCUT2D eigenvalue weighted by atomic mass is 10.0. The molecule has 1 atom stereocenters. The van der Waals surface area contributed by atoms with Gasteiger partial charge in [-0.3, -0.25) is 0 Å². The van der Waals surface area contributed by atoms with Crippen molar-refractivity contribution in [1.82, 2.24) is 9.97 Å². The third-order valence-corrected chi connectivity index (χ3v) is 2.65. The molecule has 1 aliphatic rings. The Labute approximate surface area is 73.4 Å². The number of hydrogen-bond donors (Lipinski definition) is 1. The van der Waals surface area contributed by atoms with E-state index in [-0.39, 0.29) is 0 Å². The second-order valence-corrected chi connectivity index (χ2v) is 3.95. The summed E-state index contributed by atoms with van der Waals surface area (Å²) in [5.74, 6) is 1.90. The van der Waals surface area contributed by atoms with Gasteiger partial charge in [-0.1, -0.05) is 6.92 Å². The number of hydrogen-bond acceptors (Lipinski definition) is 1. The third-order valence-electron chi connectivity index (χ3n) is 2.65. The molecule has 0 saturated carbocycles. The number of imidazole rings is 1. The predicted octanol–water partition coefficient (Wildman–Crippen LogP) is 2.23. The standard InChI is InChI=1S/C10H16N2/c1-7-4-3-5-9-10(6-7)12-8(2)11-9/h7H,3-6H2,1-2H3,(H,11,12). The van der Waals surface area contributed by atoms with Crippen molar-refractivity contribution in [2.45, 2.75) is 39.5 Å². The minimum atomic E-state index is 0.825. The van der Waals surface area contributed by atoms with Crippen LogP contribution in [0.1, 0.15) is 37.0 Å². The van der Waals surface area contributed by atoms with Gasteiger partial charge >= 0.3 is 0 Å². The third kappa shape index (κ3) is 1.38. The molecule has 2 heteroatoms. The second kappa shape index (κ2) is 2.92. The summed E-state index contributed by atoms with van der Waals surface area (Å²) in [6, 6.07) is 0. The van der Waals surface area contributed by atoms with E-state index in [1.54, 1.807) is 0 Å². The van der Waals surface area contributed by atoms with Crippen LogP contribution in [0.15, 0.2) is 0 Å². The number of H-pyrrole nitrogens is 1. The first-order valence-electron chi connectivity index (χ1n) is 4.80. The average Bonchev–Trinajstić information content (AvgIpc) is 2.23. The highest BCUT2D eigenvalue weighted by atomic mass is 14.9. The highest BCUT2D eigenvalue weighted by Crippen LogP contribution is 2.22. The predicted molar refractivity (Wildman–Crippen MR) is 49.1 cm³/mol. The molecule has 2 rings (SSSR count). The van der Waals surface area contributed by atoms with Crippen LogP contribution in [0.4, 0.5) is 0 Å². The van der Waals surface area contributed by atoms with E-state index in [2.05, 4.69) is 16.9 Å². The van der Waals surface area contributed by atoms with E-state index in [0.717, 1.165) is 11.7 Å². The number of aryl methyl sites for hydroxylation is 2. The Hall–Kier alpha value is -0.790. The van der Waals surface area contributed by atoms with Crippen molar-refractivity contribution in [3.8, 4) is 0 Å². The largest absolute Gasteiger partial charge is 0.346 e. The van der Waals surface area contributed by atoms with Crippen molar-refractivity contribution in [1.29, 1.82) is 0 Å². The van der Waals surface area contributed by atoms with Crippen molar-refractivity contribution in [2.75, 3.05) is 0 Å². The molecule has 12 heavy (non-hydrogen) atoms. The lowest BCUT2D eigenvalue weighted by Crippen LogP contribution is -1.97. The van der Waals surface area contributed by atoms with Crippen LogP contribution in [0.5, 0.6) is 0 Å². The van der Waals surface area contributed by atoms with Crippen molar-refractivity contribution < 1.29 is 0 Å². The van der Waals surface area contributed by atoms with Crippen LogP contribution in [0, 0.1) is 12.8 Å². The average molecular weight is 164 g/mol. The van der Waals surface area contributed by atoms with E-state index < -0.39 is 0 Å². The van der Waals surface area contributed by atoms with E-state index in [1.807, 2.05) is 6.92 Å². The summed E-state index contributed by atoms with van der Waals surface area (Å²) in [7, 11) is 0. The van der Waals surface area contributed by atoms with Gasteiger partial charge in [0.15, 0.2) is 0 Å². The molecular weight excluding hydrogens is 148 g/mol. The van der Waals surface area contributed by atoms with Crippen LogP contribution >= 0.6 is 0 Å². The topological polar surface area (TPSA) is 28.7 Å². The zero-order valence-corrected chi connectivity index (χ0v) is 7.85. The fraction of sp³-hybridized carbons (Fsp3) is 0.700. The summed E-state index contributed by atoms with van der Waals surface area (Å²) in [5, 5.41) is 0. The highest BCUT2D eigenvalue weighted by molar-refractivity contribution is 5.16. The van der Waals surface area contributed by atoms with Crippen molar-refractivity contribution >= 4 is 0 Å². The zero-order valence-electron chi connectivity index (χ0n) is 7.85. The highest BCUT2D eigenvalue weighted by Gasteiger charge is 2.15. The number of aromatic nitrogens is 2. The van der Waals surface area contributed by atoms with Gasteiger partial charge in [-0.25, -0.2) is 4.98 Å². The van der Waals surface area contributed by atoms with Crippen LogP contribution in [0.2, 0.25) is 0 Å². The number of aromatic amines is 1. The van der Waals surface area contributed by atoms with Crippen LogP contribution < -0.4 is 0 Å². The molecule has 66 valence electrons. The normalized spacial score (nSPS) is 23.3. The molecule has 0 aromatic carbocycles. The van der Waals surface area contributed by atoms with Crippen LogP contribution in [-0.2, 0) is 12.8 Å². The maximum Gasteiger partial charge on any atom is 0.103 e. The summed E-state index contributed by atoms with van der Waals surface area (Å²) in [6.45, 7) is 4.37. The minimum Gasteiger partial charge on any atom is -0.346 e. The molecule has 1 heterocycles. The Morgan fingerprint density at radius 3 is 3.17 bits per heavy atom. The van der Waals surface area contributed by atoms with E-state index in [1.165, 1.54) is 37.1 Å². The van der Waals surface area contributed by atoms with E-state index in [4.69, 9.17) is 0 Å². The quantitative estimate of drug-likeness (QED) is 0.585. The first kappa shape index (κ1) is 7.84. The van der Waals surface area contributed by atoms with Gasteiger partial charge in [-0.15, -0.1) is 0 Å². The fourth-order valence-corrected chi connectivity index (χ4v) is 2.03. The monoisotopic (exact) mass is 164 g/mol. The molecule has 1 N–H and O–H groups in total. The smallest absolute Gasteiger partial charge is 0.103 e. The van der Waals surface area contributed by atoms with Gasteiger partial charge in [-0.2, -0.15) is 0 Å².